The molecule has 0 spiro atoms. The van der Waals surface area contributed by atoms with Gasteiger partial charge in [-0.3, -0.25) is 4.90 Å². The summed E-state index contributed by atoms with van der Waals surface area (Å²) in [6.07, 6.45) is 3.20. The van der Waals surface area contributed by atoms with Gasteiger partial charge in [0.1, 0.15) is 0 Å². The Bertz CT molecular complexity index is 156. The van der Waals surface area contributed by atoms with Gasteiger partial charge >= 0.3 is 0 Å². The maximum Gasteiger partial charge on any atom is 0.0307 e. The van der Waals surface area contributed by atoms with Gasteiger partial charge < -0.3 is 5.32 Å². The highest BCUT2D eigenvalue weighted by Crippen LogP contribution is 2.20. The zero-order valence-electron chi connectivity index (χ0n) is 8.27. The van der Waals surface area contributed by atoms with Gasteiger partial charge in [0.15, 0.2) is 0 Å². The molecule has 0 radical (unpaired) electrons. The van der Waals surface area contributed by atoms with Crippen molar-refractivity contribution in [1.82, 2.24) is 10.2 Å². The molecule has 2 heteroatoms. The van der Waals surface area contributed by atoms with Crippen molar-refractivity contribution < 1.29 is 0 Å². The lowest BCUT2D eigenvalue weighted by atomic mass is 9.94. The second kappa shape index (κ2) is 4.06. The van der Waals surface area contributed by atoms with Crippen LogP contribution in [-0.4, -0.2) is 36.6 Å². The molecule has 1 aliphatic heterocycles. The third kappa shape index (κ3) is 1.87. The third-order valence-electron chi connectivity index (χ3n) is 2.94. The van der Waals surface area contributed by atoms with Crippen LogP contribution in [0.1, 0.15) is 20.3 Å². The van der Waals surface area contributed by atoms with Crippen LogP contribution in [0, 0.1) is 0 Å². The Morgan fingerprint density at radius 1 is 1.67 bits per heavy atom. The molecule has 0 aliphatic carbocycles. The predicted octanol–water partition coefficient (Wildman–Crippen LogP) is 1.25. The molecule has 1 rings (SSSR count). The van der Waals surface area contributed by atoms with Crippen LogP contribution in [-0.2, 0) is 0 Å². The van der Waals surface area contributed by atoms with Crippen LogP contribution in [0.3, 0.4) is 0 Å². The number of piperazine rings is 1. The molecule has 1 heterocycles. The SMILES string of the molecule is C=CCN1CCNCC1(C)CC. The molecule has 1 aliphatic rings. The first kappa shape index (κ1) is 9.75. The summed E-state index contributed by atoms with van der Waals surface area (Å²) in [6.45, 7) is 12.8. The summed E-state index contributed by atoms with van der Waals surface area (Å²) in [7, 11) is 0. The average Bonchev–Trinajstić information content (AvgIpc) is 2.10. The van der Waals surface area contributed by atoms with Crippen molar-refractivity contribution >= 4 is 0 Å². The van der Waals surface area contributed by atoms with Crippen LogP contribution in [0.15, 0.2) is 12.7 Å². The van der Waals surface area contributed by atoms with E-state index in [-0.39, 0.29) is 0 Å². The standard InChI is InChI=1S/C10H20N2/c1-4-7-12-8-6-11-9-10(12,3)5-2/h4,11H,1,5-9H2,2-3H3. The number of nitrogens with zero attached hydrogens (tertiary/aromatic N) is 1. The molecule has 1 N–H and O–H groups in total. The summed E-state index contributed by atoms with van der Waals surface area (Å²) >= 11 is 0. The molecule has 1 atom stereocenters. The van der Waals surface area contributed by atoms with E-state index < -0.39 is 0 Å². The second-order valence-electron chi connectivity index (χ2n) is 3.76. The zero-order chi connectivity index (χ0) is 9.03. The van der Waals surface area contributed by atoms with Crippen LogP contribution in [0.4, 0.5) is 0 Å². The van der Waals surface area contributed by atoms with Crippen LogP contribution in [0.5, 0.6) is 0 Å². The molecule has 0 bridgehead atoms. The molecule has 0 aromatic carbocycles. The van der Waals surface area contributed by atoms with Gasteiger partial charge in [-0.25, -0.2) is 0 Å². The monoisotopic (exact) mass is 168 g/mol. The minimum Gasteiger partial charge on any atom is -0.314 e. The summed E-state index contributed by atoms with van der Waals surface area (Å²) < 4.78 is 0. The molecule has 1 unspecified atom stereocenters. The maximum atomic E-state index is 3.79. The van der Waals surface area contributed by atoms with E-state index in [1.165, 1.54) is 6.42 Å². The highest BCUT2D eigenvalue weighted by Gasteiger charge is 2.31. The predicted molar refractivity (Wildman–Crippen MR) is 53.3 cm³/mol. The van der Waals surface area contributed by atoms with Crippen molar-refractivity contribution in [3.8, 4) is 0 Å². The smallest absolute Gasteiger partial charge is 0.0307 e. The number of nitrogens with one attached hydrogen (secondary N) is 1. The molecule has 0 saturated carbocycles. The van der Waals surface area contributed by atoms with Gasteiger partial charge in [0.2, 0.25) is 0 Å². The Balaban J connectivity index is 2.59. The van der Waals surface area contributed by atoms with Crippen LogP contribution in [0.25, 0.3) is 0 Å². The summed E-state index contributed by atoms with van der Waals surface area (Å²) in [5.41, 5.74) is 0.340. The number of hydrogen-bond acceptors (Lipinski definition) is 2. The first-order valence-corrected chi connectivity index (χ1v) is 4.79. The molecular weight excluding hydrogens is 148 g/mol. The summed E-state index contributed by atoms with van der Waals surface area (Å²) in [6, 6.07) is 0. The molecule has 1 fully saturated rings. The third-order valence-corrected chi connectivity index (χ3v) is 2.94. The van der Waals surface area contributed by atoms with E-state index >= 15 is 0 Å². The van der Waals surface area contributed by atoms with Gasteiger partial charge in [0.05, 0.1) is 0 Å². The van der Waals surface area contributed by atoms with E-state index in [0.717, 1.165) is 26.2 Å². The Morgan fingerprint density at radius 2 is 2.42 bits per heavy atom. The topological polar surface area (TPSA) is 15.3 Å². The fourth-order valence-corrected chi connectivity index (χ4v) is 1.77. The normalized spacial score (nSPS) is 31.8. The van der Waals surface area contributed by atoms with Gasteiger partial charge in [-0.05, 0) is 13.3 Å². The molecule has 0 amide bonds. The highest BCUT2D eigenvalue weighted by molar-refractivity contribution is 4.93. The van der Waals surface area contributed by atoms with E-state index in [2.05, 4.69) is 30.6 Å². The van der Waals surface area contributed by atoms with Crippen LogP contribution >= 0.6 is 0 Å². The van der Waals surface area contributed by atoms with Gasteiger partial charge in [-0.1, -0.05) is 13.0 Å². The second-order valence-corrected chi connectivity index (χ2v) is 3.76. The molecule has 2 nitrogen and oxygen atoms in total. The van der Waals surface area contributed by atoms with Crippen molar-refractivity contribution in [2.45, 2.75) is 25.8 Å². The minimum atomic E-state index is 0.340. The van der Waals surface area contributed by atoms with Crippen molar-refractivity contribution in [2.24, 2.45) is 0 Å². The largest absolute Gasteiger partial charge is 0.314 e. The zero-order valence-corrected chi connectivity index (χ0v) is 8.27. The molecular formula is C10H20N2. The lowest BCUT2D eigenvalue weighted by Crippen LogP contribution is -2.59. The highest BCUT2D eigenvalue weighted by atomic mass is 15.2. The molecule has 0 aromatic rings. The van der Waals surface area contributed by atoms with Crippen molar-refractivity contribution in [2.75, 3.05) is 26.2 Å². The quantitative estimate of drug-likeness (QED) is 0.638. The molecule has 0 aromatic heterocycles. The summed E-state index contributed by atoms with van der Waals surface area (Å²) in [4.78, 5) is 2.51. The van der Waals surface area contributed by atoms with E-state index in [1.807, 2.05) is 6.08 Å². The number of hydrogen-bond donors (Lipinski definition) is 1. The van der Waals surface area contributed by atoms with Crippen molar-refractivity contribution in [3.05, 3.63) is 12.7 Å². The maximum absolute atomic E-state index is 3.79. The fraction of sp³-hybridized carbons (Fsp3) is 0.800. The Hall–Kier alpha value is -0.340. The average molecular weight is 168 g/mol. The lowest BCUT2D eigenvalue weighted by molar-refractivity contribution is 0.0844. The van der Waals surface area contributed by atoms with Crippen LogP contribution < -0.4 is 5.32 Å². The summed E-state index contributed by atoms with van der Waals surface area (Å²) in [5, 5.41) is 3.44. The lowest BCUT2D eigenvalue weighted by Gasteiger charge is -2.44. The first-order valence-electron chi connectivity index (χ1n) is 4.79. The minimum absolute atomic E-state index is 0.340. The Morgan fingerprint density at radius 3 is 3.00 bits per heavy atom. The Labute approximate surface area is 75.6 Å². The van der Waals surface area contributed by atoms with E-state index in [4.69, 9.17) is 0 Å². The van der Waals surface area contributed by atoms with Gasteiger partial charge in [0.25, 0.3) is 0 Å². The van der Waals surface area contributed by atoms with Gasteiger partial charge in [-0.15, -0.1) is 6.58 Å². The van der Waals surface area contributed by atoms with Gasteiger partial charge in [-0.2, -0.15) is 0 Å². The first-order chi connectivity index (χ1) is 5.73. The van der Waals surface area contributed by atoms with Crippen molar-refractivity contribution in [3.63, 3.8) is 0 Å². The molecule has 12 heavy (non-hydrogen) atoms. The van der Waals surface area contributed by atoms with E-state index in [9.17, 15) is 0 Å². The van der Waals surface area contributed by atoms with Gasteiger partial charge in [0, 0.05) is 31.7 Å². The Kier molecular flexibility index (Phi) is 3.29. The molecule has 70 valence electrons. The van der Waals surface area contributed by atoms with E-state index in [1.54, 1.807) is 0 Å². The van der Waals surface area contributed by atoms with E-state index in [0.29, 0.717) is 5.54 Å². The number of rotatable bonds is 3. The molecule has 1 saturated heterocycles. The van der Waals surface area contributed by atoms with Crippen LogP contribution in [0.2, 0.25) is 0 Å². The van der Waals surface area contributed by atoms with Crippen molar-refractivity contribution in [1.29, 1.82) is 0 Å². The fourth-order valence-electron chi connectivity index (χ4n) is 1.77. The summed E-state index contributed by atoms with van der Waals surface area (Å²) in [5.74, 6) is 0.